The number of carboxylic acids is 1. The van der Waals surface area contributed by atoms with Crippen molar-refractivity contribution in [3.63, 3.8) is 0 Å². The molecule has 1 unspecified atom stereocenters. The number of aliphatic carboxylic acids is 1. The summed E-state index contributed by atoms with van der Waals surface area (Å²) in [6.45, 7) is 1.85. The Labute approximate surface area is 179 Å². The number of aliphatic hydroxyl groups is 1. The molecule has 0 aliphatic heterocycles. The molecule has 0 amide bonds. The van der Waals surface area contributed by atoms with Crippen molar-refractivity contribution in [2.45, 2.75) is 96.5 Å². The van der Waals surface area contributed by atoms with Gasteiger partial charge in [0.05, 0.1) is 6.10 Å². The van der Waals surface area contributed by atoms with E-state index >= 15 is 0 Å². The standard InChI is InChI=1S/C18H34O3.K/c1-17(19)15-13-11-9-7-5-3-2-4-6-8-10-12-14-16-18(20)21;/h5,7,17,19H,2-4,6,8-16H2,1H3,(H,20,21);/q;+1/p-1/b7-5+;. The van der Waals surface area contributed by atoms with Gasteiger partial charge >= 0.3 is 51.4 Å². The topological polar surface area (TPSA) is 60.4 Å². The van der Waals surface area contributed by atoms with Crippen molar-refractivity contribution >= 4 is 5.97 Å². The molecule has 3 nitrogen and oxygen atoms in total. The van der Waals surface area contributed by atoms with Crippen LogP contribution in [0.2, 0.25) is 0 Å². The van der Waals surface area contributed by atoms with E-state index in [4.69, 9.17) is 5.11 Å². The zero-order valence-corrected chi connectivity index (χ0v) is 17.8. The van der Waals surface area contributed by atoms with Gasteiger partial charge in [-0.2, -0.15) is 0 Å². The predicted molar refractivity (Wildman–Crippen MR) is 85.8 cm³/mol. The van der Waals surface area contributed by atoms with Crippen LogP contribution < -0.4 is 56.5 Å². The summed E-state index contributed by atoms with van der Waals surface area (Å²) in [5.41, 5.74) is 0. The second kappa shape index (κ2) is 19.9. The molecule has 0 heterocycles. The quantitative estimate of drug-likeness (QED) is 0.273. The van der Waals surface area contributed by atoms with Gasteiger partial charge in [-0.05, 0) is 51.9 Å². The normalized spacial score (nSPS) is 12.3. The van der Waals surface area contributed by atoms with Crippen molar-refractivity contribution in [2.24, 2.45) is 0 Å². The fourth-order valence-corrected chi connectivity index (χ4v) is 2.35. The van der Waals surface area contributed by atoms with E-state index < -0.39 is 5.97 Å². The first-order valence-electron chi connectivity index (χ1n) is 8.66. The van der Waals surface area contributed by atoms with Crippen LogP contribution in [0.25, 0.3) is 0 Å². The summed E-state index contributed by atoms with van der Waals surface area (Å²) in [6.07, 6.45) is 18.0. The summed E-state index contributed by atoms with van der Waals surface area (Å²) in [4.78, 5) is 10.2. The molecule has 124 valence electrons. The van der Waals surface area contributed by atoms with Crippen molar-refractivity contribution in [3.8, 4) is 0 Å². The maximum atomic E-state index is 10.2. The molecular formula is C18H33KO3. The third kappa shape index (κ3) is 23.1. The molecule has 0 aliphatic carbocycles. The Kier molecular flexibility index (Phi) is 22.6. The molecule has 0 aromatic heterocycles. The molecular weight excluding hydrogens is 303 g/mol. The molecule has 0 aliphatic rings. The van der Waals surface area contributed by atoms with E-state index in [1.165, 1.54) is 38.5 Å². The van der Waals surface area contributed by atoms with Crippen LogP contribution in [0.4, 0.5) is 0 Å². The number of rotatable bonds is 15. The number of carbonyl (C=O) groups is 1. The maximum absolute atomic E-state index is 10.2. The van der Waals surface area contributed by atoms with Gasteiger partial charge in [0, 0.05) is 5.97 Å². The average Bonchev–Trinajstić information content (AvgIpc) is 2.42. The molecule has 0 radical (unpaired) electrons. The summed E-state index contributed by atoms with van der Waals surface area (Å²) in [6, 6.07) is 0. The first-order valence-corrected chi connectivity index (χ1v) is 8.66. The molecule has 1 atom stereocenters. The van der Waals surface area contributed by atoms with Gasteiger partial charge in [-0.3, -0.25) is 0 Å². The van der Waals surface area contributed by atoms with E-state index in [0.717, 1.165) is 38.5 Å². The molecule has 0 bridgehead atoms. The minimum absolute atomic E-state index is 0. The first kappa shape index (κ1) is 25.1. The van der Waals surface area contributed by atoms with Crippen LogP contribution in [0.5, 0.6) is 0 Å². The van der Waals surface area contributed by atoms with Gasteiger partial charge in [-0.15, -0.1) is 0 Å². The van der Waals surface area contributed by atoms with Crippen molar-refractivity contribution in [2.75, 3.05) is 0 Å². The number of allylic oxidation sites excluding steroid dienone is 2. The molecule has 0 fully saturated rings. The average molecular weight is 337 g/mol. The Morgan fingerprint density at radius 2 is 1.36 bits per heavy atom. The van der Waals surface area contributed by atoms with Crippen LogP contribution in [0, 0.1) is 0 Å². The number of aliphatic hydroxyl groups excluding tert-OH is 1. The van der Waals surface area contributed by atoms with Crippen molar-refractivity contribution in [1.29, 1.82) is 0 Å². The fourth-order valence-electron chi connectivity index (χ4n) is 2.35. The van der Waals surface area contributed by atoms with Gasteiger partial charge in [0.25, 0.3) is 0 Å². The third-order valence-electron chi connectivity index (χ3n) is 3.66. The molecule has 4 heteroatoms. The van der Waals surface area contributed by atoms with E-state index in [9.17, 15) is 9.90 Å². The summed E-state index contributed by atoms with van der Waals surface area (Å²) in [7, 11) is 0. The minimum atomic E-state index is -0.923. The van der Waals surface area contributed by atoms with Crippen LogP contribution in [0.3, 0.4) is 0 Å². The Morgan fingerprint density at radius 1 is 0.909 bits per heavy atom. The Balaban J connectivity index is 0. The molecule has 0 saturated carbocycles. The largest absolute Gasteiger partial charge is 1.00 e. The maximum Gasteiger partial charge on any atom is 1.00 e. The number of carbonyl (C=O) groups excluding carboxylic acids is 1. The molecule has 0 spiro atoms. The van der Waals surface area contributed by atoms with E-state index in [2.05, 4.69) is 12.2 Å². The number of carboxylic acid groups (broad SMARTS) is 1. The summed E-state index contributed by atoms with van der Waals surface area (Å²) in [5.74, 6) is -0.923. The zero-order chi connectivity index (χ0) is 15.8. The number of hydrogen-bond acceptors (Lipinski definition) is 3. The zero-order valence-electron chi connectivity index (χ0n) is 14.7. The van der Waals surface area contributed by atoms with Crippen LogP contribution in [0.15, 0.2) is 12.2 Å². The van der Waals surface area contributed by atoms with Crippen molar-refractivity contribution in [3.05, 3.63) is 12.2 Å². The minimum Gasteiger partial charge on any atom is -0.550 e. The molecule has 0 saturated heterocycles. The van der Waals surface area contributed by atoms with E-state index in [1.807, 2.05) is 6.92 Å². The Bertz CT molecular complexity index is 265. The predicted octanol–water partition coefficient (Wildman–Crippen LogP) is 0.749. The monoisotopic (exact) mass is 336 g/mol. The van der Waals surface area contributed by atoms with E-state index in [-0.39, 0.29) is 63.9 Å². The number of hydrogen-bond donors (Lipinski definition) is 1. The summed E-state index contributed by atoms with van der Waals surface area (Å²) < 4.78 is 0. The molecule has 0 rings (SSSR count). The van der Waals surface area contributed by atoms with Crippen LogP contribution in [0.1, 0.15) is 90.4 Å². The fraction of sp³-hybridized carbons (Fsp3) is 0.833. The van der Waals surface area contributed by atoms with Crippen LogP contribution in [-0.4, -0.2) is 17.2 Å². The van der Waals surface area contributed by atoms with Gasteiger partial charge in [-0.1, -0.05) is 50.7 Å². The second-order valence-corrected chi connectivity index (χ2v) is 5.99. The van der Waals surface area contributed by atoms with Gasteiger partial charge in [-0.25, -0.2) is 0 Å². The summed E-state index contributed by atoms with van der Waals surface area (Å²) in [5, 5.41) is 19.3. The van der Waals surface area contributed by atoms with Crippen molar-refractivity contribution in [1.82, 2.24) is 0 Å². The smallest absolute Gasteiger partial charge is 0.550 e. The van der Waals surface area contributed by atoms with Crippen molar-refractivity contribution < 1.29 is 66.4 Å². The van der Waals surface area contributed by atoms with E-state index in [1.54, 1.807) is 0 Å². The third-order valence-corrected chi connectivity index (χ3v) is 3.66. The van der Waals surface area contributed by atoms with Crippen LogP contribution >= 0.6 is 0 Å². The van der Waals surface area contributed by atoms with Crippen LogP contribution in [-0.2, 0) is 4.79 Å². The van der Waals surface area contributed by atoms with Gasteiger partial charge < -0.3 is 15.0 Å². The van der Waals surface area contributed by atoms with Gasteiger partial charge in [0.15, 0.2) is 0 Å². The SMILES string of the molecule is CC(O)CCCC/C=C/CCCCCCCCCC(=O)[O-].[K+]. The Hall–Kier alpha value is 0.806. The first-order chi connectivity index (χ1) is 10.1. The molecule has 0 aromatic rings. The number of unbranched alkanes of at least 4 members (excludes halogenated alkanes) is 9. The van der Waals surface area contributed by atoms with Gasteiger partial charge in [0.2, 0.25) is 0 Å². The molecule has 1 N–H and O–H groups in total. The Morgan fingerprint density at radius 3 is 1.86 bits per heavy atom. The summed E-state index contributed by atoms with van der Waals surface area (Å²) >= 11 is 0. The second-order valence-electron chi connectivity index (χ2n) is 5.99. The molecule has 0 aromatic carbocycles. The van der Waals surface area contributed by atoms with E-state index in [0.29, 0.717) is 0 Å². The van der Waals surface area contributed by atoms with Gasteiger partial charge in [0.1, 0.15) is 0 Å². The molecule has 22 heavy (non-hydrogen) atoms.